The van der Waals surface area contributed by atoms with E-state index in [0.717, 1.165) is 19.4 Å². The average Bonchev–Trinajstić information content (AvgIpc) is 2.38. The third-order valence-corrected chi connectivity index (χ3v) is 3.06. The third kappa shape index (κ3) is 4.16. The zero-order chi connectivity index (χ0) is 11.9. The molecule has 0 spiro atoms. The molecule has 0 saturated carbocycles. The van der Waals surface area contributed by atoms with E-state index in [9.17, 15) is 4.79 Å². The van der Waals surface area contributed by atoms with E-state index in [0.29, 0.717) is 18.9 Å². The molecule has 2 heteroatoms. The van der Waals surface area contributed by atoms with Gasteiger partial charge in [0.25, 0.3) is 0 Å². The molecule has 0 unspecified atom stereocenters. The minimum atomic E-state index is 0.256. The normalized spacial score (nSPS) is 19.5. The largest absolute Gasteiger partial charge is 0.377 e. The Bertz CT molecular complexity index is 381. The van der Waals surface area contributed by atoms with Gasteiger partial charge < -0.3 is 4.74 Å². The van der Waals surface area contributed by atoms with Crippen molar-refractivity contribution in [3.8, 4) is 0 Å². The molecule has 1 aliphatic carbocycles. The zero-order valence-corrected chi connectivity index (χ0v) is 9.97. The fourth-order valence-electron chi connectivity index (χ4n) is 1.99. The van der Waals surface area contributed by atoms with Crippen LogP contribution in [0.3, 0.4) is 0 Å². The molecule has 0 radical (unpaired) electrons. The number of carbonyl (C=O) groups is 1. The molecular weight excluding hydrogens is 212 g/mol. The topological polar surface area (TPSA) is 26.3 Å². The van der Waals surface area contributed by atoms with Crippen LogP contribution in [-0.4, -0.2) is 12.4 Å². The molecule has 0 aromatic heterocycles. The van der Waals surface area contributed by atoms with Crippen LogP contribution in [-0.2, 0) is 16.1 Å². The van der Waals surface area contributed by atoms with Crippen molar-refractivity contribution in [1.29, 1.82) is 0 Å². The highest BCUT2D eigenvalue weighted by atomic mass is 16.5. The summed E-state index contributed by atoms with van der Waals surface area (Å²) in [4.78, 5) is 11.0. The summed E-state index contributed by atoms with van der Waals surface area (Å²) in [5, 5.41) is 0. The van der Waals surface area contributed by atoms with Crippen LogP contribution in [0.5, 0.6) is 0 Å². The van der Waals surface area contributed by atoms with Gasteiger partial charge in [0.2, 0.25) is 0 Å². The van der Waals surface area contributed by atoms with Crippen LogP contribution >= 0.6 is 0 Å². The number of hydrogen-bond acceptors (Lipinski definition) is 2. The Kier molecular flexibility index (Phi) is 4.51. The average molecular weight is 230 g/mol. The van der Waals surface area contributed by atoms with Crippen molar-refractivity contribution in [3.63, 3.8) is 0 Å². The van der Waals surface area contributed by atoms with Gasteiger partial charge in [-0.25, -0.2) is 0 Å². The van der Waals surface area contributed by atoms with Crippen LogP contribution in [0.15, 0.2) is 42.5 Å². The third-order valence-electron chi connectivity index (χ3n) is 3.06. The summed E-state index contributed by atoms with van der Waals surface area (Å²) in [6.07, 6.45) is 6.42. The summed E-state index contributed by atoms with van der Waals surface area (Å²) in [7, 11) is 0. The number of hydrogen-bond donors (Lipinski definition) is 0. The first-order valence-electron chi connectivity index (χ1n) is 6.17. The van der Waals surface area contributed by atoms with Crippen molar-refractivity contribution in [2.45, 2.75) is 25.9 Å². The van der Waals surface area contributed by atoms with E-state index in [1.54, 1.807) is 6.08 Å². The zero-order valence-electron chi connectivity index (χ0n) is 9.97. The fraction of sp³-hybridized carbons (Fsp3) is 0.400. The van der Waals surface area contributed by atoms with Crippen molar-refractivity contribution >= 4 is 5.78 Å². The molecule has 2 rings (SSSR count). The van der Waals surface area contributed by atoms with Crippen molar-refractivity contribution in [1.82, 2.24) is 0 Å². The monoisotopic (exact) mass is 230 g/mol. The van der Waals surface area contributed by atoms with Gasteiger partial charge in [0, 0.05) is 13.0 Å². The molecule has 1 aromatic carbocycles. The lowest BCUT2D eigenvalue weighted by atomic mass is 9.93. The maximum absolute atomic E-state index is 11.0. The lowest BCUT2D eigenvalue weighted by Crippen LogP contribution is -2.10. The number of ether oxygens (including phenoxy) is 1. The van der Waals surface area contributed by atoms with E-state index in [1.807, 2.05) is 24.3 Å². The first kappa shape index (κ1) is 12.1. The quantitative estimate of drug-likeness (QED) is 0.726. The van der Waals surface area contributed by atoms with Gasteiger partial charge in [-0.15, -0.1) is 0 Å². The molecule has 0 amide bonds. The van der Waals surface area contributed by atoms with Gasteiger partial charge in [-0.2, -0.15) is 0 Å². The minimum Gasteiger partial charge on any atom is -0.377 e. The molecule has 0 heterocycles. The number of allylic oxidation sites excluding steroid dienone is 2. The van der Waals surface area contributed by atoms with Gasteiger partial charge in [-0.05, 0) is 30.4 Å². The highest BCUT2D eigenvalue weighted by molar-refractivity contribution is 5.90. The molecule has 1 atom stereocenters. The van der Waals surface area contributed by atoms with Gasteiger partial charge in [-0.1, -0.05) is 36.4 Å². The van der Waals surface area contributed by atoms with Gasteiger partial charge in [0.15, 0.2) is 5.78 Å². The Morgan fingerprint density at radius 2 is 2.06 bits per heavy atom. The molecule has 0 saturated heterocycles. The second-order valence-corrected chi connectivity index (χ2v) is 4.45. The van der Waals surface area contributed by atoms with Crippen molar-refractivity contribution in [2.24, 2.45) is 5.92 Å². The highest BCUT2D eigenvalue weighted by Gasteiger charge is 2.12. The van der Waals surface area contributed by atoms with Crippen molar-refractivity contribution in [3.05, 3.63) is 48.0 Å². The van der Waals surface area contributed by atoms with E-state index >= 15 is 0 Å². The van der Waals surface area contributed by atoms with E-state index < -0.39 is 0 Å². The van der Waals surface area contributed by atoms with Crippen molar-refractivity contribution < 1.29 is 9.53 Å². The first-order chi connectivity index (χ1) is 8.34. The Morgan fingerprint density at radius 1 is 1.24 bits per heavy atom. The summed E-state index contributed by atoms with van der Waals surface area (Å²) in [6, 6.07) is 10.2. The Labute approximate surface area is 102 Å². The van der Waals surface area contributed by atoms with Crippen LogP contribution in [0.1, 0.15) is 24.8 Å². The molecule has 17 heavy (non-hydrogen) atoms. The number of ketones is 1. The molecule has 0 N–H and O–H groups in total. The van der Waals surface area contributed by atoms with Crippen LogP contribution in [0.25, 0.3) is 0 Å². The molecule has 0 fully saturated rings. The first-order valence-corrected chi connectivity index (χ1v) is 6.17. The molecule has 2 nitrogen and oxygen atoms in total. The lowest BCUT2D eigenvalue weighted by Gasteiger charge is -2.15. The SMILES string of the molecule is O=C1C=C[C@@H](CCOCc2ccccc2)CC1. The van der Waals surface area contributed by atoms with Gasteiger partial charge in [0.1, 0.15) is 0 Å². The van der Waals surface area contributed by atoms with Crippen LogP contribution in [0, 0.1) is 5.92 Å². The predicted octanol–water partition coefficient (Wildman–Crippen LogP) is 3.13. The van der Waals surface area contributed by atoms with E-state index in [2.05, 4.69) is 12.1 Å². The maximum atomic E-state index is 11.0. The predicted molar refractivity (Wildman–Crippen MR) is 67.6 cm³/mol. The highest BCUT2D eigenvalue weighted by Crippen LogP contribution is 2.18. The molecule has 0 aliphatic heterocycles. The summed E-state index contributed by atoms with van der Waals surface area (Å²) in [5.74, 6) is 0.773. The van der Waals surface area contributed by atoms with E-state index in [4.69, 9.17) is 4.74 Å². The molecular formula is C15H18O2. The maximum Gasteiger partial charge on any atom is 0.155 e. The van der Waals surface area contributed by atoms with Gasteiger partial charge in [0.05, 0.1) is 6.61 Å². The molecule has 90 valence electrons. The molecule has 1 aliphatic rings. The standard InChI is InChI=1S/C15H18O2/c16-15-8-6-13(7-9-15)10-11-17-12-14-4-2-1-3-5-14/h1-6,8,13H,7,9-12H2/t13-/m1/s1. The second-order valence-electron chi connectivity index (χ2n) is 4.45. The van der Waals surface area contributed by atoms with Gasteiger partial charge >= 0.3 is 0 Å². The summed E-state index contributed by atoms with van der Waals surface area (Å²) in [5.41, 5.74) is 1.21. The van der Waals surface area contributed by atoms with Crippen LogP contribution < -0.4 is 0 Å². The van der Waals surface area contributed by atoms with Crippen LogP contribution in [0.2, 0.25) is 0 Å². The Balaban J connectivity index is 1.64. The summed E-state index contributed by atoms with van der Waals surface area (Å²) >= 11 is 0. The van der Waals surface area contributed by atoms with Gasteiger partial charge in [-0.3, -0.25) is 4.79 Å². The van der Waals surface area contributed by atoms with Crippen LogP contribution in [0.4, 0.5) is 0 Å². The number of carbonyl (C=O) groups excluding carboxylic acids is 1. The van der Waals surface area contributed by atoms with E-state index in [1.165, 1.54) is 5.56 Å². The summed E-state index contributed by atoms with van der Waals surface area (Å²) in [6.45, 7) is 1.44. The number of rotatable bonds is 5. The fourth-order valence-corrected chi connectivity index (χ4v) is 1.99. The smallest absolute Gasteiger partial charge is 0.155 e. The Hall–Kier alpha value is -1.41. The molecule has 0 bridgehead atoms. The molecule has 1 aromatic rings. The van der Waals surface area contributed by atoms with E-state index in [-0.39, 0.29) is 5.78 Å². The summed E-state index contributed by atoms with van der Waals surface area (Å²) < 4.78 is 5.63. The lowest BCUT2D eigenvalue weighted by molar-refractivity contribution is -0.115. The minimum absolute atomic E-state index is 0.256. The van der Waals surface area contributed by atoms with Crippen molar-refractivity contribution in [2.75, 3.05) is 6.61 Å². The Morgan fingerprint density at radius 3 is 2.76 bits per heavy atom. The number of benzene rings is 1. The second kappa shape index (κ2) is 6.36.